The van der Waals surface area contributed by atoms with Gasteiger partial charge in [-0.05, 0) is 76.4 Å². The summed E-state index contributed by atoms with van der Waals surface area (Å²) in [4.78, 5) is 6.01. The average Bonchev–Trinajstić information content (AvgIpc) is 2.90. The van der Waals surface area contributed by atoms with Gasteiger partial charge in [-0.2, -0.15) is 5.26 Å². The van der Waals surface area contributed by atoms with Crippen LogP contribution in [0, 0.1) is 26.2 Å². The zero-order valence-corrected chi connectivity index (χ0v) is 17.2. The van der Waals surface area contributed by atoms with Crippen LogP contribution in [0.1, 0.15) is 48.8 Å². The second-order valence-electron chi connectivity index (χ2n) is 7.41. The number of fused-ring (bicyclic) bond motifs is 1. The summed E-state index contributed by atoms with van der Waals surface area (Å²) in [5, 5.41) is 10.5. The van der Waals surface area contributed by atoms with Gasteiger partial charge in [0.25, 0.3) is 0 Å². The minimum absolute atomic E-state index is 0.319. The van der Waals surface area contributed by atoms with Crippen molar-refractivity contribution in [3.8, 4) is 6.07 Å². The first-order chi connectivity index (χ1) is 11.4. The van der Waals surface area contributed by atoms with Gasteiger partial charge >= 0.3 is 0 Å². The maximum atomic E-state index is 9.60. The van der Waals surface area contributed by atoms with Gasteiger partial charge in [0, 0.05) is 14.7 Å². The van der Waals surface area contributed by atoms with Gasteiger partial charge in [-0.15, -0.1) is 11.3 Å². The van der Waals surface area contributed by atoms with Crippen molar-refractivity contribution >= 4 is 45.1 Å². The van der Waals surface area contributed by atoms with Crippen LogP contribution in [0.4, 0.5) is 5.00 Å². The fourth-order valence-electron chi connectivity index (χ4n) is 3.20. The van der Waals surface area contributed by atoms with E-state index in [0.29, 0.717) is 11.3 Å². The maximum absolute atomic E-state index is 9.60. The zero-order chi connectivity index (χ0) is 17.3. The van der Waals surface area contributed by atoms with Crippen LogP contribution in [-0.4, -0.2) is 6.21 Å². The van der Waals surface area contributed by atoms with Crippen molar-refractivity contribution in [1.29, 1.82) is 5.26 Å². The molecule has 1 aliphatic rings. The molecule has 0 saturated heterocycles. The second-order valence-corrected chi connectivity index (χ2v) is 9.74. The molecule has 1 aliphatic carbocycles. The third-order valence-electron chi connectivity index (χ3n) is 4.78. The largest absolute Gasteiger partial charge is 0.244 e. The molecule has 0 saturated carbocycles. The molecule has 0 amide bonds. The third-order valence-corrected chi connectivity index (χ3v) is 6.67. The summed E-state index contributed by atoms with van der Waals surface area (Å²) in [6, 6.07) is 10.7. The van der Waals surface area contributed by atoms with Gasteiger partial charge in [-0.1, -0.05) is 32.9 Å². The predicted octanol–water partition coefficient (Wildman–Crippen LogP) is 6.13. The van der Waals surface area contributed by atoms with Gasteiger partial charge in [0.1, 0.15) is 11.1 Å². The fourth-order valence-corrected chi connectivity index (χ4v) is 4.78. The minimum atomic E-state index is 0.319. The Morgan fingerprint density at radius 1 is 1.29 bits per heavy atom. The molecule has 3 rings (SSSR count). The summed E-state index contributed by atoms with van der Waals surface area (Å²) in [7, 11) is 0. The molecule has 4 heteroatoms. The second kappa shape index (κ2) is 6.97. The van der Waals surface area contributed by atoms with Crippen LogP contribution in [0.25, 0.3) is 0 Å². The van der Waals surface area contributed by atoms with Crippen molar-refractivity contribution in [2.75, 3.05) is 0 Å². The van der Waals surface area contributed by atoms with Crippen molar-refractivity contribution in [1.82, 2.24) is 0 Å². The van der Waals surface area contributed by atoms with E-state index in [9.17, 15) is 5.26 Å². The SMILES string of the molecule is CC(C)(C)[C@H]1CCc2c(sc(N=Cc3ccc(I)cc3)c2C#N)C1. The molecule has 124 valence electrons. The highest BCUT2D eigenvalue weighted by molar-refractivity contribution is 14.1. The summed E-state index contributed by atoms with van der Waals surface area (Å²) < 4.78 is 1.21. The normalized spacial score (nSPS) is 17.7. The highest BCUT2D eigenvalue weighted by Crippen LogP contribution is 2.44. The Kier molecular flexibility index (Phi) is 5.12. The molecule has 24 heavy (non-hydrogen) atoms. The molecule has 1 aromatic carbocycles. The van der Waals surface area contributed by atoms with Crippen molar-refractivity contribution in [3.05, 3.63) is 49.4 Å². The van der Waals surface area contributed by atoms with Crippen molar-refractivity contribution < 1.29 is 0 Å². The standard InChI is InChI=1S/C20H21IN2S/c1-20(2,3)14-6-9-16-17(11-22)19(24-18(16)10-14)23-12-13-4-7-15(21)8-5-13/h4-5,7-8,12,14H,6,9-10H2,1-3H3/t14-/m0/s1. The van der Waals surface area contributed by atoms with Crippen LogP contribution in [-0.2, 0) is 12.8 Å². The molecule has 2 aromatic rings. The maximum Gasteiger partial charge on any atom is 0.134 e. The van der Waals surface area contributed by atoms with Crippen molar-refractivity contribution in [2.24, 2.45) is 16.3 Å². The van der Waals surface area contributed by atoms with Crippen molar-refractivity contribution in [2.45, 2.75) is 40.0 Å². The molecule has 0 unspecified atom stereocenters. The van der Waals surface area contributed by atoms with E-state index in [1.54, 1.807) is 11.3 Å². The van der Waals surface area contributed by atoms with Crippen LogP contribution in [0.15, 0.2) is 29.3 Å². The van der Waals surface area contributed by atoms with E-state index in [1.165, 1.54) is 20.4 Å². The Labute approximate surface area is 161 Å². The smallest absolute Gasteiger partial charge is 0.134 e. The molecular formula is C20H21IN2S. The minimum Gasteiger partial charge on any atom is -0.244 e. The number of halogens is 1. The van der Waals surface area contributed by atoms with E-state index in [-0.39, 0.29) is 0 Å². The number of thiophene rings is 1. The van der Waals surface area contributed by atoms with E-state index in [4.69, 9.17) is 0 Å². The molecule has 0 N–H and O–H groups in total. The Morgan fingerprint density at radius 3 is 2.62 bits per heavy atom. The lowest BCUT2D eigenvalue weighted by Gasteiger charge is -2.33. The van der Waals surface area contributed by atoms with E-state index < -0.39 is 0 Å². The average molecular weight is 448 g/mol. The summed E-state index contributed by atoms with van der Waals surface area (Å²) in [6.07, 6.45) is 5.13. The Morgan fingerprint density at radius 2 is 2.00 bits per heavy atom. The molecule has 0 spiro atoms. The summed E-state index contributed by atoms with van der Waals surface area (Å²) in [5.41, 5.74) is 3.43. The van der Waals surface area contributed by atoms with Gasteiger partial charge in [0.2, 0.25) is 0 Å². The van der Waals surface area contributed by atoms with Gasteiger partial charge in [-0.3, -0.25) is 0 Å². The number of rotatable bonds is 2. The number of hydrogen-bond donors (Lipinski definition) is 0. The summed E-state index contributed by atoms with van der Waals surface area (Å²) >= 11 is 4.00. The molecule has 2 nitrogen and oxygen atoms in total. The Hall–Kier alpha value is -1.19. The monoisotopic (exact) mass is 448 g/mol. The number of hydrogen-bond acceptors (Lipinski definition) is 3. The molecule has 0 fully saturated rings. The Balaban J connectivity index is 1.89. The lowest BCUT2D eigenvalue weighted by Crippen LogP contribution is -2.26. The molecule has 1 heterocycles. The van der Waals surface area contributed by atoms with Gasteiger partial charge in [0.05, 0.1) is 5.56 Å². The molecule has 0 radical (unpaired) electrons. The first-order valence-corrected chi connectivity index (χ1v) is 10.1. The van der Waals surface area contributed by atoms with Crippen LogP contribution >= 0.6 is 33.9 Å². The molecule has 0 aliphatic heterocycles. The highest BCUT2D eigenvalue weighted by atomic mass is 127. The summed E-state index contributed by atoms with van der Waals surface area (Å²) in [5.74, 6) is 0.684. The van der Waals surface area contributed by atoms with E-state index in [0.717, 1.165) is 29.0 Å². The van der Waals surface area contributed by atoms with Gasteiger partial charge < -0.3 is 0 Å². The zero-order valence-electron chi connectivity index (χ0n) is 14.3. The lowest BCUT2D eigenvalue weighted by atomic mass is 9.72. The van der Waals surface area contributed by atoms with Crippen LogP contribution in [0.2, 0.25) is 0 Å². The molecule has 0 bridgehead atoms. The van der Waals surface area contributed by atoms with E-state index >= 15 is 0 Å². The summed E-state index contributed by atoms with van der Waals surface area (Å²) in [6.45, 7) is 6.95. The van der Waals surface area contributed by atoms with Crippen LogP contribution in [0.3, 0.4) is 0 Å². The Bertz CT molecular complexity index is 804. The lowest BCUT2D eigenvalue weighted by molar-refractivity contribution is 0.218. The number of aliphatic imine (C=N–C) groups is 1. The number of nitrogens with zero attached hydrogens (tertiary/aromatic N) is 2. The predicted molar refractivity (Wildman–Crippen MR) is 110 cm³/mol. The van der Waals surface area contributed by atoms with E-state index in [1.807, 2.05) is 6.21 Å². The first kappa shape index (κ1) is 17.6. The molecule has 1 atom stereocenters. The number of benzene rings is 1. The van der Waals surface area contributed by atoms with Crippen LogP contribution < -0.4 is 0 Å². The topological polar surface area (TPSA) is 36.1 Å². The number of nitriles is 1. The van der Waals surface area contributed by atoms with Crippen LogP contribution in [0.5, 0.6) is 0 Å². The fraction of sp³-hybridized carbons (Fsp3) is 0.400. The molecular weight excluding hydrogens is 427 g/mol. The third kappa shape index (κ3) is 3.73. The molecule has 1 aromatic heterocycles. The van der Waals surface area contributed by atoms with Gasteiger partial charge in [-0.25, -0.2) is 4.99 Å². The van der Waals surface area contributed by atoms with Gasteiger partial charge in [0.15, 0.2) is 0 Å². The first-order valence-electron chi connectivity index (χ1n) is 8.22. The van der Waals surface area contributed by atoms with Crippen molar-refractivity contribution in [3.63, 3.8) is 0 Å². The quantitative estimate of drug-likeness (QED) is 0.403. The van der Waals surface area contributed by atoms with E-state index in [2.05, 4.69) is 78.7 Å². The highest BCUT2D eigenvalue weighted by Gasteiger charge is 2.32.